The molecule has 0 spiro atoms. The molecule has 3 aromatic carbocycles. The average molecular weight is 531 g/mol. The van der Waals surface area contributed by atoms with Gasteiger partial charge in [-0.05, 0) is 59.7 Å². The van der Waals surface area contributed by atoms with Gasteiger partial charge >= 0.3 is 0 Å². The first kappa shape index (κ1) is 29.8. The molecule has 0 aromatic heterocycles. The van der Waals surface area contributed by atoms with E-state index in [0.717, 1.165) is 17.5 Å². The Bertz CT molecular complexity index is 1200. The van der Waals surface area contributed by atoms with Crippen molar-refractivity contribution in [3.8, 4) is 11.5 Å². The maximum absolute atomic E-state index is 13.8. The maximum Gasteiger partial charge on any atom is 0.261 e. The molecule has 0 saturated carbocycles. The first-order chi connectivity index (χ1) is 18.6. The van der Waals surface area contributed by atoms with Crippen molar-refractivity contribution in [2.45, 2.75) is 71.5 Å². The minimum Gasteiger partial charge on any atom is -0.497 e. The number of ether oxygens (including phenoxy) is 2. The summed E-state index contributed by atoms with van der Waals surface area (Å²) in [6.07, 6.45) is 1.18. The van der Waals surface area contributed by atoms with Crippen LogP contribution in [0, 0.1) is 0 Å². The number of nitrogens with one attached hydrogen (secondary N) is 1. The lowest BCUT2D eigenvalue weighted by molar-refractivity contribution is -0.143. The quantitative estimate of drug-likeness (QED) is 0.315. The molecule has 208 valence electrons. The van der Waals surface area contributed by atoms with Crippen LogP contribution in [0.1, 0.15) is 57.7 Å². The molecule has 0 radical (unpaired) electrons. The summed E-state index contributed by atoms with van der Waals surface area (Å²) in [5, 5.41) is 3.09. The molecule has 0 aliphatic heterocycles. The summed E-state index contributed by atoms with van der Waals surface area (Å²) in [6.45, 7) is 10.5. The summed E-state index contributed by atoms with van der Waals surface area (Å²) in [4.78, 5) is 29.0. The number of carbonyl (C=O) groups is 2. The van der Waals surface area contributed by atoms with Crippen LogP contribution >= 0.6 is 0 Å². The third-order valence-electron chi connectivity index (χ3n) is 6.84. The van der Waals surface area contributed by atoms with Crippen LogP contribution in [-0.2, 0) is 28.0 Å². The zero-order valence-electron chi connectivity index (χ0n) is 24.1. The molecule has 2 amide bonds. The Labute approximate surface area is 233 Å². The van der Waals surface area contributed by atoms with E-state index in [1.807, 2.05) is 92.7 Å². The van der Waals surface area contributed by atoms with Crippen molar-refractivity contribution in [2.24, 2.45) is 0 Å². The minimum atomic E-state index is -0.716. The third kappa shape index (κ3) is 8.88. The normalized spacial score (nSPS) is 12.8. The number of rotatable bonds is 12. The van der Waals surface area contributed by atoms with E-state index in [1.54, 1.807) is 12.0 Å². The van der Waals surface area contributed by atoms with Crippen LogP contribution in [0.2, 0.25) is 0 Å². The molecule has 39 heavy (non-hydrogen) atoms. The van der Waals surface area contributed by atoms with E-state index >= 15 is 0 Å². The summed E-state index contributed by atoms with van der Waals surface area (Å²) < 4.78 is 11.3. The van der Waals surface area contributed by atoms with Crippen molar-refractivity contribution in [1.82, 2.24) is 10.2 Å². The molecule has 3 rings (SSSR count). The van der Waals surface area contributed by atoms with E-state index in [1.165, 1.54) is 5.56 Å². The summed E-state index contributed by atoms with van der Waals surface area (Å²) in [5.74, 6) is 0.858. The average Bonchev–Trinajstić information content (AvgIpc) is 2.93. The Morgan fingerprint density at radius 3 is 2.18 bits per heavy atom. The van der Waals surface area contributed by atoms with Crippen LogP contribution < -0.4 is 14.8 Å². The number of methoxy groups -OCH3 is 1. The highest BCUT2D eigenvalue weighted by Crippen LogP contribution is 2.25. The molecule has 3 aromatic rings. The predicted molar refractivity (Wildman–Crippen MR) is 156 cm³/mol. The van der Waals surface area contributed by atoms with Gasteiger partial charge in [0.15, 0.2) is 6.61 Å². The highest BCUT2D eigenvalue weighted by Gasteiger charge is 2.31. The number of amides is 2. The van der Waals surface area contributed by atoms with E-state index in [0.29, 0.717) is 17.9 Å². The Hall–Kier alpha value is -3.80. The van der Waals surface area contributed by atoms with Crippen LogP contribution in [0.15, 0.2) is 78.9 Å². The molecule has 0 heterocycles. The SMILES string of the molecule is CC[C@@H](C)NC(=O)[C@@H](Cc1ccccc1)N(Cc1cccc(OC)c1)C(=O)COc1ccc(C(C)(C)C)cc1. The van der Waals surface area contributed by atoms with Crippen molar-refractivity contribution < 1.29 is 19.1 Å². The van der Waals surface area contributed by atoms with Crippen LogP contribution in [0.3, 0.4) is 0 Å². The van der Waals surface area contributed by atoms with Gasteiger partial charge in [-0.1, -0.05) is 82.3 Å². The van der Waals surface area contributed by atoms with Gasteiger partial charge in [0.05, 0.1) is 7.11 Å². The van der Waals surface area contributed by atoms with Gasteiger partial charge in [0.25, 0.3) is 5.91 Å². The summed E-state index contributed by atoms with van der Waals surface area (Å²) in [6, 6.07) is 24.4. The molecular weight excluding hydrogens is 488 g/mol. The lowest BCUT2D eigenvalue weighted by atomic mass is 9.87. The molecule has 2 atom stereocenters. The topological polar surface area (TPSA) is 67.9 Å². The van der Waals surface area contributed by atoms with Gasteiger partial charge in [-0.15, -0.1) is 0 Å². The number of hydrogen-bond donors (Lipinski definition) is 1. The van der Waals surface area contributed by atoms with E-state index in [9.17, 15) is 9.59 Å². The molecule has 1 N–H and O–H groups in total. The van der Waals surface area contributed by atoms with E-state index in [2.05, 4.69) is 26.1 Å². The maximum atomic E-state index is 13.8. The van der Waals surface area contributed by atoms with Crippen LogP contribution in [-0.4, -0.2) is 42.5 Å². The summed E-state index contributed by atoms with van der Waals surface area (Å²) in [7, 11) is 1.61. The van der Waals surface area contributed by atoms with E-state index in [-0.39, 0.29) is 36.4 Å². The first-order valence-corrected chi connectivity index (χ1v) is 13.6. The molecule has 0 aliphatic rings. The second kappa shape index (κ2) is 13.8. The van der Waals surface area contributed by atoms with Crippen LogP contribution in [0.5, 0.6) is 11.5 Å². The van der Waals surface area contributed by atoms with Gasteiger partial charge in [0, 0.05) is 19.0 Å². The zero-order valence-corrected chi connectivity index (χ0v) is 24.1. The highest BCUT2D eigenvalue weighted by molar-refractivity contribution is 5.88. The van der Waals surface area contributed by atoms with Gasteiger partial charge in [-0.25, -0.2) is 0 Å². The second-order valence-corrected chi connectivity index (χ2v) is 11.0. The van der Waals surface area contributed by atoms with E-state index < -0.39 is 6.04 Å². The summed E-state index contributed by atoms with van der Waals surface area (Å²) in [5.41, 5.74) is 3.05. The van der Waals surface area contributed by atoms with Gasteiger partial charge in [0.2, 0.25) is 5.91 Å². The van der Waals surface area contributed by atoms with Crippen LogP contribution in [0.25, 0.3) is 0 Å². The van der Waals surface area contributed by atoms with Gasteiger partial charge < -0.3 is 19.7 Å². The summed E-state index contributed by atoms with van der Waals surface area (Å²) >= 11 is 0. The first-order valence-electron chi connectivity index (χ1n) is 13.6. The fourth-order valence-electron chi connectivity index (χ4n) is 4.24. The van der Waals surface area contributed by atoms with Crippen LogP contribution in [0.4, 0.5) is 0 Å². The fraction of sp³-hybridized carbons (Fsp3) is 0.394. The van der Waals surface area contributed by atoms with Crippen molar-refractivity contribution in [3.05, 3.63) is 95.6 Å². The lowest BCUT2D eigenvalue weighted by Gasteiger charge is -2.32. The fourth-order valence-corrected chi connectivity index (χ4v) is 4.24. The molecular formula is C33H42N2O4. The van der Waals surface area contributed by atoms with E-state index in [4.69, 9.17) is 9.47 Å². The Morgan fingerprint density at radius 2 is 1.56 bits per heavy atom. The Balaban J connectivity index is 1.90. The number of benzene rings is 3. The monoisotopic (exact) mass is 530 g/mol. The molecule has 0 unspecified atom stereocenters. The molecule has 6 nitrogen and oxygen atoms in total. The van der Waals surface area contributed by atoms with Gasteiger partial charge in [-0.2, -0.15) is 0 Å². The van der Waals surface area contributed by atoms with Crippen molar-refractivity contribution >= 4 is 11.8 Å². The number of hydrogen-bond acceptors (Lipinski definition) is 4. The second-order valence-electron chi connectivity index (χ2n) is 11.0. The Kier molecular flexibility index (Phi) is 10.6. The van der Waals surface area contributed by atoms with Crippen molar-refractivity contribution in [2.75, 3.05) is 13.7 Å². The van der Waals surface area contributed by atoms with Gasteiger partial charge in [-0.3, -0.25) is 9.59 Å². The number of nitrogens with zero attached hydrogens (tertiary/aromatic N) is 1. The van der Waals surface area contributed by atoms with Gasteiger partial charge in [0.1, 0.15) is 17.5 Å². The largest absolute Gasteiger partial charge is 0.497 e. The molecule has 0 bridgehead atoms. The molecule has 6 heteroatoms. The number of carbonyl (C=O) groups excluding carboxylic acids is 2. The third-order valence-corrected chi connectivity index (χ3v) is 6.84. The smallest absolute Gasteiger partial charge is 0.261 e. The van der Waals surface area contributed by atoms with Crippen molar-refractivity contribution in [3.63, 3.8) is 0 Å². The molecule has 0 aliphatic carbocycles. The molecule has 0 saturated heterocycles. The lowest BCUT2D eigenvalue weighted by Crippen LogP contribution is -2.53. The van der Waals surface area contributed by atoms with Crippen molar-refractivity contribution in [1.29, 1.82) is 0 Å². The zero-order chi connectivity index (χ0) is 28.4. The highest BCUT2D eigenvalue weighted by atomic mass is 16.5. The minimum absolute atomic E-state index is 0.0119. The standard InChI is InChI=1S/C33H42N2O4/c1-7-24(2)34-32(37)30(21-25-12-9-8-10-13-25)35(22-26-14-11-15-29(20-26)38-6)31(36)23-39-28-18-16-27(17-19-28)33(3,4)5/h8-20,24,30H,7,21-23H2,1-6H3,(H,34,37)/t24-,30-/m1/s1. The predicted octanol–water partition coefficient (Wildman–Crippen LogP) is 5.93. The molecule has 0 fully saturated rings. The Morgan fingerprint density at radius 1 is 0.897 bits per heavy atom.